The summed E-state index contributed by atoms with van der Waals surface area (Å²) in [4.78, 5) is 30.8. The molecule has 0 aromatic carbocycles. The highest BCUT2D eigenvalue weighted by molar-refractivity contribution is 8.03. The number of allylic oxidation sites excluding steroid dienone is 1. The van der Waals surface area contributed by atoms with Crippen LogP contribution in [-0.4, -0.2) is 58.7 Å². The summed E-state index contributed by atoms with van der Waals surface area (Å²) in [5, 5.41) is 3.62. The molecule has 0 bridgehead atoms. The van der Waals surface area contributed by atoms with Crippen molar-refractivity contribution in [1.82, 2.24) is 15.0 Å². The van der Waals surface area contributed by atoms with E-state index in [1.54, 1.807) is 6.07 Å². The van der Waals surface area contributed by atoms with Gasteiger partial charge in [-0.05, 0) is 48.3 Å². The Hall–Kier alpha value is -1.76. The second-order valence-corrected chi connectivity index (χ2v) is 10.4. The van der Waals surface area contributed by atoms with Gasteiger partial charge in [-0.1, -0.05) is 25.1 Å². The van der Waals surface area contributed by atoms with Gasteiger partial charge in [0.25, 0.3) is 5.91 Å². The number of rotatable bonds is 3. The summed E-state index contributed by atoms with van der Waals surface area (Å²) in [6.45, 7) is 7.85. The first-order chi connectivity index (χ1) is 13.9. The lowest BCUT2D eigenvalue weighted by atomic mass is 9.85. The van der Waals surface area contributed by atoms with Crippen LogP contribution in [0.15, 0.2) is 27.8 Å². The first-order valence-corrected chi connectivity index (χ1v) is 11.7. The molecule has 0 N–H and O–H groups in total. The number of carbonyl (C=O) groups is 2. The van der Waals surface area contributed by atoms with Crippen molar-refractivity contribution < 1.29 is 14.1 Å². The fourth-order valence-electron chi connectivity index (χ4n) is 4.60. The van der Waals surface area contributed by atoms with Gasteiger partial charge in [0, 0.05) is 38.0 Å². The minimum Gasteiger partial charge on any atom is -0.351 e. The number of likely N-dealkylation sites (tertiary alicyclic amines) is 2. The fourth-order valence-corrected chi connectivity index (χ4v) is 5.95. The molecule has 4 heterocycles. The molecular weight excluding hydrogens is 386 g/mol. The summed E-state index contributed by atoms with van der Waals surface area (Å²) in [6, 6.07) is 1.62. The first kappa shape index (κ1) is 20.5. The number of carbonyl (C=O) groups excluding carboxylic acids is 2. The molecule has 0 spiro atoms. The van der Waals surface area contributed by atoms with Crippen molar-refractivity contribution in [1.29, 1.82) is 0 Å². The third-order valence-electron chi connectivity index (χ3n) is 6.60. The molecule has 4 rings (SSSR count). The maximum atomic E-state index is 13.1. The smallest absolute Gasteiger partial charge is 0.292 e. The predicted molar refractivity (Wildman–Crippen MR) is 113 cm³/mol. The molecule has 1 aromatic heterocycles. The Morgan fingerprint density at radius 3 is 2.66 bits per heavy atom. The molecule has 158 valence electrons. The van der Waals surface area contributed by atoms with Gasteiger partial charge in [-0.2, -0.15) is 0 Å². The van der Waals surface area contributed by atoms with Crippen molar-refractivity contribution in [2.24, 2.45) is 17.3 Å². The van der Waals surface area contributed by atoms with Gasteiger partial charge in [-0.15, -0.1) is 11.8 Å². The molecule has 7 heteroatoms. The van der Waals surface area contributed by atoms with Crippen molar-refractivity contribution in [2.45, 2.75) is 46.0 Å². The summed E-state index contributed by atoms with van der Waals surface area (Å²) < 4.78 is 5.00. The Kier molecular flexibility index (Phi) is 6.04. The Labute approximate surface area is 177 Å². The monoisotopic (exact) mass is 417 g/mol. The van der Waals surface area contributed by atoms with E-state index >= 15 is 0 Å². The van der Waals surface area contributed by atoms with Crippen LogP contribution < -0.4 is 0 Å². The van der Waals surface area contributed by atoms with Crippen LogP contribution in [0.1, 0.15) is 56.5 Å². The Bertz CT molecular complexity index is 766. The number of piperidine rings is 1. The van der Waals surface area contributed by atoms with Gasteiger partial charge in [0.1, 0.15) is 0 Å². The van der Waals surface area contributed by atoms with Crippen molar-refractivity contribution in [2.75, 3.05) is 31.9 Å². The van der Waals surface area contributed by atoms with E-state index in [1.807, 2.05) is 16.7 Å². The molecule has 2 saturated heterocycles. The van der Waals surface area contributed by atoms with Crippen LogP contribution in [0.5, 0.6) is 0 Å². The number of hydrogen-bond acceptors (Lipinski definition) is 5. The molecule has 29 heavy (non-hydrogen) atoms. The van der Waals surface area contributed by atoms with Crippen LogP contribution in [0.4, 0.5) is 0 Å². The number of aromatic nitrogens is 1. The summed E-state index contributed by atoms with van der Waals surface area (Å²) in [5.41, 5.74) is 0.345. The van der Waals surface area contributed by atoms with Crippen LogP contribution in [0.3, 0.4) is 0 Å². The predicted octanol–water partition coefficient (Wildman–Crippen LogP) is 3.81. The normalized spacial score (nSPS) is 25.6. The van der Waals surface area contributed by atoms with E-state index in [4.69, 9.17) is 4.52 Å². The number of amides is 2. The molecule has 2 fully saturated rings. The van der Waals surface area contributed by atoms with Gasteiger partial charge in [0.05, 0.1) is 12.1 Å². The highest BCUT2D eigenvalue weighted by Gasteiger charge is 2.34. The minimum atomic E-state index is -0.0776. The van der Waals surface area contributed by atoms with E-state index in [1.165, 1.54) is 17.5 Å². The molecule has 3 aliphatic rings. The molecule has 0 radical (unpaired) electrons. The zero-order valence-electron chi connectivity index (χ0n) is 17.4. The molecule has 1 aromatic rings. The molecule has 0 saturated carbocycles. The number of thioether (sulfide) groups is 1. The second kappa shape index (κ2) is 8.54. The standard InChI is InChI=1S/C22H31N3O3S/c1-22(2)7-3-10-24(13-8-22)20(26)17-14-19(29-15-17)16-5-11-25(12-6-16)21(27)18-4-9-23-28-18/h4,9,14,16-17H,3,5-8,10-13,15H2,1-2H3. The van der Waals surface area contributed by atoms with Gasteiger partial charge in [0.15, 0.2) is 0 Å². The van der Waals surface area contributed by atoms with Gasteiger partial charge in [-0.25, -0.2) is 0 Å². The Morgan fingerprint density at radius 1 is 1.14 bits per heavy atom. The molecule has 2 amide bonds. The lowest BCUT2D eigenvalue weighted by molar-refractivity contribution is -0.133. The fraction of sp³-hybridized carbons (Fsp3) is 0.682. The maximum absolute atomic E-state index is 13.1. The lowest BCUT2D eigenvalue weighted by Gasteiger charge is -2.31. The summed E-state index contributed by atoms with van der Waals surface area (Å²) >= 11 is 1.84. The van der Waals surface area contributed by atoms with E-state index in [-0.39, 0.29) is 11.8 Å². The van der Waals surface area contributed by atoms with E-state index < -0.39 is 0 Å². The van der Waals surface area contributed by atoms with Crippen molar-refractivity contribution in [3.63, 3.8) is 0 Å². The Morgan fingerprint density at radius 2 is 1.93 bits per heavy atom. The van der Waals surface area contributed by atoms with Crippen LogP contribution in [-0.2, 0) is 4.79 Å². The van der Waals surface area contributed by atoms with E-state index in [0.29, 0.717) is 23.0 Å². The van der Waals surface area contributed by atoms with Gasteiger partial charge in [0.2, 0.25) is 11.7 Å². The zero-order chi connectivity index (χ0) is 20.4. The summed E-state index contributed by atoms with van der Waals surface area (Å²) in [7, 11) is 0. The summed E-state index contributed by atoms with van der Waals surface area (Å²) in [6.07, 6.45) is 9.00. The second-order valence-electron chi connectivity index (χ2n) is 9.27. The van der Waals surface area contributed by atoms with Crippen molar-refractivity contribution in [3.05, 3.63) is 29.0 Å². The SMILES string of the molecule is CC1(C)CCCN(C(=O)C2C=C(C3CCN(C(=O)c4ccno4)CC3)SC2)CC1. The molecule has 0 aliphatic carbocycles. The third-order valence-corrected chi connectivity index (χ3v) is 7.93. The van der Waals surface area contributed by atoms with E-state index in [2.05, 4.69) is 30.0 Å². The first-order valence-electron chi connectivity index (χ1n) is 10.8. The van der Waals surface area contributed by atoms with Crippen LogP contribution in [0.2, 0.25) is 0 Å². The largest absolute Gasteiger partial charge is 0.351 e. The average Bonchev–Trinajstić information content (AvgIpc) is 3.39. The minimum absolute atomic E-state index is 0.0186. The van der Waals surface area contributed by atoms with Crippen molar-refractivity contribution in [3.8, 4) is 0 Å². The van der Waals surface area contributed by atoms with Crippen LogP contribution in [0.25, 0.3) is 0 Å². The van der Waals surface area contributed by atoms with Crippen LogP contribution >= 0.6 is 11.8 Å². The molecule has 3 aliphatic heterocycles. The van der Waals surface area contributed by atoms with Crippen molar-refractivity contribution >= 4 is 23.6 Å². The third kappa shape index (κ3) is 4.71. The van der Waals surface area contributed by atoms with Gasteiger partial charge >= 0.3 is 0 Å². The molecule has 1 unspecified atom stereocenters. The van der Waals surface area contributed by atoms with Gasteiger partial charge < -0.3 is 14.3 Å². The zero-order valence-corrected chi connectivity index (χ0v) is 18.2. The topological polar surface area (TPSA) is 66.7 Å². The van der Waals surface area contributed by atoms with Crippen LogP contribution in [0, 0.1) is 17.3 Å². The number of nitrogens with zero attached hydrogens (tertiary/aromatic N) is 3. The lowest BCUT2D eigenvalue weighted by Crippen LogP contribution is -2.38. The average molecular weight is 418 g/mol. The van der Waals surface area contributed by atoms with Gasteiger partial charge in [-0.3, -0.25) is 9.59 Å². The molecule has 6 nitrogen and oxygen atoms in total. The van der Waals surface area contributed by atoms with E-state index in [0.717, 1.165) is 57.6 Å². The van der Waals surface area contributed by atoms with E-state index in [9.17, 15) is 9.59 Å². The Balaban J connectivity index is 1.31. The maximum Gasteiger partial charge on any atom is 0.292 e. The molecular formula is C22H31N3O3S. The quantitative estimate of drug-likeness (QED) is 0.748. The highest BCUT2D eigenvalue weighted by Crippen LogP contribution is 2.40. The summed E-state index contributed by atoms with van der Waals surface area (Å²) in [5.74, 6) is 1.88. The highest BCUT2D eigenvalue weighted by atomic mass is 32.2. The molecule has 1 atom stereocenters. The number of hydrogen-bond donors (Lipinski definition) is 0.